The van der Waals surface area contributed by atoms with Gasteiger partial charge in [-0.1, -0.05) is 6.07 Å². The standard InChI is InChI=1S/C19H26N4O2/c1-12(20)19(25)23-9-6-14(7-10-23)13(2)22-18(24)16-4-3-15-5-8-21-17(15)11-16/h3-5,8,11-14,21H,6-7,9-10,20H2,1-2H3,(H,22,24). The van der Waals surface area contributed by atoms with Gasteiger partial charge in [0.15, 0.2) is 0 Å². The van der Waals surface area contributed by atoms with Gasteiger partial charge < -0.3 is 20.9 Å². The number of nitrogens with one attached hydrogen (secondary N) is 2. The Kier molecular flexibility index (Phi) is 5.08. The third-order valence-electron chi connectivity index (χ3n) is 5.12. The van der Waals surface area contributed by atoms with Crippen LogP contribution in [0.3, 0.4) is 0 Å². The Labute approximate surface area is 147 Å². The Bertz CT molecular complexity index is 760. The second kappa shape index (κ2) is 7.27. The van der Waals surface area contributed by atoms with Gasteiger partial charge in [-0.15, -0.1) is 0 Å². The van der Waals surface area contributed by atoms with Gasteiger partial charge in [0.1, 0.15) is 0 Å². The first-order valence-electron chi connectivity index (χ1n) is 8.88. The van der Waals surface area contributed by atoms with Crippen molar-refractivity contribution in [1.29, 1.82) is 0 Å². The van der Waals surface area contributed by atoms with E-state index in [2.05, 4.69) is 10.3 Å². The molecule has 0 radical (unpaired) electrons. The van der Waals surface area contributed by atoms with Gasteiger partial charge in [0.25, 0.3) is 5.91 Å². The van der Waals surface area contributed by atoms with Gasteiger partial charge in [-0.25, -0.2) is 0 Å². The zero-order chi connectivity index (χ0) is 18.0. The van der Waals surface area contributed by atoms with E-state index >= 15 is 0 Å². The molecule has 3 rings (SSSR count). The molecule has 2 atom stereocenters. The molecule has 1 aliphatic rings. The van der Waals surface area contributed by atoms with E-state index in [9.17, 15) is 9.59 Å². The zero-order valence-electron chi connectivity index (χ0n) is 14.8. The van der Waals surface area contributed by atoms with Crippen molar-refractivity contribution in [3.8, 4) is 0 Å². The third-order valence-corrected chi connectivity index (χ3v) is 5.12. The van der Waals surface area contributed by atoms with E-state index in [1.807, 2.05) is 42.3 Å². The zero-order valence-corrected chi connectivity index (χ0v) is 14.8. The molecule has 25 heavy (non-hydrogen) atoms. The molecule has 1 saturated heterocycles. The summed E-state index contributed by atoms with van der Waals surface area (Å²) >= 11 is 0. The fourth-order valence-electron chi connectivity index (χ4n) is 3.50. The molecule has 2 unspecified atom stereocenters. The SMILES string of the molecule is CC(N)C(=O)N1CCC(C(C)NC(=O)c2ccc3cc[nH]c3c2)CC1. The number of hydrogen-bond acceptors (Lipinski definition) is 3. The first kappa shape index (κ1) is 17.5. The van der Waals surface area contributed by atoms with E-state index in [0.717, 1.165) is 23.7 Å². The Balaban J connectivity index is 1.56. The quantitative estimate of drug-likeness (QED) is 0.792. The van der Waals surface area contributed by atoms with E-state index in [-0.39, 0.29) is 17.9 Å². The Morgan fingerprint density at radius 2 is 1.96 bits per heavy atom. The number of aromatic amines is 1. The molecule has 0 aliphatic carbocycles. The molecule has 2 heterocycles. The van der Waals surface area contributed by atoms with E-state index in [1.54, 1.807) is 6.92 Å². The van der Waals surface area contributed by atoms with Crippen molar-refractivity contribution in [2.75, 3.05) is 13.1 Å². The highest BCUT2D eigenvalue weighted by atomic mass is 16.2. The lowest BCUT2D eigenvalue weighted by Crippen LogP contribution is -2.49. The van der Waals surface area contributed by atoms with E-state index < -0.39 is 6.04 Å². The van der Waals surface area contributed by atoms with Crippen molar-refractivity contribution in [3.63, 3.8) is 0 Å². The number of aromatic nitrogens is 1. The summed E-state index contributed by atoms with van der Waals surface area (Å²) in [6.07, 6.45) is 3.64. The lowest BCUT2D eigenvalue weighted by molar-refractivity contribution is -0.133. The molecule has 6 nitrogen and oxygen atoms in total. The fraction of sp³-hybridized carbons (Fsp3) is 0.474. The van der Waals surface area contributed by atoms with Gasteiger partial charge >= 0.3 is 0 Å². The van der Waals surface area contributed by atoms with Crippen molar-refractivity contribution >= 4 is 22.7 Å². The summed E-state index contributed by atoms with van der Waals surface area (Å²) in [5, 5.41) is 4.20. The van der Waals surface area contributed by atoms with Crippen LogP contribution in [0.25, 0.3) is 10.9 Å². The summed E-state index contributed by atoms with van der Waals surface area (Å²) in [6, 6.07) is 7.28. The minimum absolute atomic E-state index is 0.00869. The molecule has 1 aliphatic heterocycles. The van der Waals surface area contributed by atoms with Crippen LogP contribution in [0.1, 0.15) is 37.0 Å². The van der Waals surface area contributed by atoms with Crippen molar-refractivity contribution in [1.82, 2.24) is 15.2 Å². The molecule has 134 valence electrons. The normalized spacial score (nSPS) is 18.1. The molecule has 1 fully saturated rings. The molecular weight excluding hydrogens is 316 g/mol. The first-order chi connectivity index (χ1) is 12.0. The predicted molar refractivity (Wildman–Crippen MR) is 98.2 cm³/mol. The van der Waals surface area contributed by atoms with Crippen LogP contribution in [-0.4, -0.2) is 46.9 Å². The Hall–Kier alpha value is -2.34. The highest BCUT2D eigenvalue weighted by molar-refractivity contribution is 5.98. The molecular formula is C19H26N4O2. The van der Waals surface area contributed by atoms with Crippen LogP contribution >= 0.6 is 0 Å². The molecule has 6 heteroatoms. The average molecular weight is 342 g/mol. The number of piperidine rings is 1. The van der Waals surface area contributed by atoms with Crippen LogP contribution in [0.5, 0.6) is 0 Å². The van der Waals surface area contributed by atoms with Gasteiger partial charge in [0.2, 0.25) is 5.91 Å². The smallest absolute Gasteiger partial charge is 0.251 e. The van der Waals surface area contributed by atoms with Gasteiger partial charge in [-0.05, 0) is 56.2 Å². The summed E-state index contributed by atoms with van der Waals surface area (Å²) in [5.74, 6) is 0.322. The van der Waals surface area contributed by atoms with Crippen molar-refractivity contribution in [3.05, 3.63) is 36.0 Å². The summed E-state index contributed by atoms with van der Waals surface area (Å²) in [6.45, 7) is 5.18. The number of nitrogens with two attached hydrogens (primary N) is 1. The number of carbonyl (C=O) groups is 2. The van der Waals surface area contributed by atoms with E-state index in [1.165, 1.54) is 0 Å². The number of benzene rings is 1. The molecule has 0 bridgehead atoms. The Morgan fingerprint density at radius 1 is 1.24 bits per heavy atom. The fourth-order valence-corrected chi connectivity index (χ4v) is 3.50. The lowest BCUT2D eigenvalue weighted by atomic mass is 9.90. The van der Waals surface area contributed by atoms with Crippen LogP contribution in [0, 0.1) is 5.92 Å². The van der Waals surface area contributed by atoms with Gasteiger partial charge in [0, 0.05) is 36.4 Å². The minimum Gasteiger partial charge on any atom is -0.361 e. The number of H-pyrrole nitrogens is 1. The van der Waals surface area contributed by atoms with Crippen molar-refractivity contribution in [2.45, 2.75) is 38.8 Å². The summed E-state index contributed by atoms with van der Waals surface area (Å²) in [4.78, 5) is 29.4. The van der Waals surface area contributed by atoms with Gasteiger partial charge in [-0.2, -0.15) is 0 Å². The van der Waals surface area contributed by atoms with Gasteiger partial charge in [0.05, 0.1) is 6.04 Å². The molecule has 2 aromatic rings. The number of likely N-dealkylation sites (tertiary alicyclic amines) is 1. The monoisotopic (exact) mass is 342 g/mol. The lowest BCUT2D eigenvalue weighted by Gasteiger charge is -2.35. The van der Waals surface area contributed by atoms with Crippen molar-refractivity contribution < 1.29 is 9.59 Å². The second-order valence-electron chi connectivity index (χ2n) is 6.99. The number of nitrogens with zero attached hydrogens (tertiary/aromatic N) is 1. The van der Waals surface area contributed by atoms with Crippen LogP contribution in [0.15, 0.2) is 30.5 Å². The molecule has 1 aromatic carbocycles. The Morgan fingerprint density at radius 3 is 2.64 bits per heavy atom. The number of rotatable bonds is 4. The highest BCUT2D eigenvalue weighted by Gasteiger charge is 2.28. The third kappa shape index (κ3) is 3.85. The largest absolute Gasteiger partial charge is 0.361 e. The topological polar surface area (TPSA) is 91.2 Å². The number of hydrogen-bond donors (Lipinski definition) is 3. The molecule has 0 spiro atoms. The van der Waals surface area contributed by atoms with Crippen LogP contribution in [0.2, 0.25) is 0 Å². The molecule has 0 saturated carbocycles. The molecule has 2 amide bonds. The summed E-state index contributed by atoms with van der Waals surface area (Å²) in [7, 11) is 0. The number of amides is 2. The number of carbonyl (C=O) groups excluding carboxylic acids is 2. The maximum atomic E-state index is 12.5. The maximum absolute atomic E-state index is 12.5. The van der Waals surface area contributed by atoms with Crippen molar-refractivity contribution in [2.24, 2.45) is 11.7 Å². The number of fused-ring (bicyclic) bond motifs is 1. The average Bonchev–Trinajstić information content (AvgIpc) is 3.08. The minimum atomic E-state index is -0.448. The maximum Gasteiger partial charge on any atom is 0.251 e. The second-order valence-corrected chi connectivity index (χ2v) is 6.99. The van der Waals surface area contributed by atoms with E-state index in [4.69, 9.17) is 5.73 Å². The van der Waals surface area contributed by atoms with Crippen LogP contribution < -0.4 is 11.1 Å². The summed E-state index contributed by atoms with van der Waals surface area (Å²) < 4.78 is 0. The first-order valence-corrected chi connectivity index (χ1v) is 8.88. The van der Waals surface area contributed by atoms with Gasteiger partial charge in [-0.3, -0.25) is 9.59 Å². The summed E-state index contributed by atoms with van der Waals surface area (Å²) in [5.41, 5.74) is 7.29. The highest BCUT2D eigenvalue weighted by Crippen LogP contribution is 2.22. The predicted octanol–water partition coefficient (Wildman–Crippen LogP) is 1.87. The molecule has 4 N–H and O–H groups in total. The molecule has 1 aromatic heterocycles. The van der Waals surface area contributed by atoms with Crippen LogP contribution in [0.4, 0.5) is 0 Å². The van der Waals surface area contributed by atoms with E-state index in [0.29, 0.717) is 24.6 Å². The van der Waals surface area contributed by atoms with Crippen LogP contribution in [-0.2, 0) is 4.79 Å².